The second-order valence-electron chi connectivity index (χ2n) is 19.9. The molecule has 6 aliphatic rings. The molecule has 55 heavy (non-hydrogen) atoms. The first-order chi connectivity index (χ1) is 25.7. The Labute approximate surface area is 327 Å². The van der Waals surface area contributed by atoms with Gasteiger partial charge in [0.05, 0.1) is 24.9 Å². The molecule has 0 aromatic rings. The zero-order valence-corrected chi connectivity index (χ0v) is 34.1. The second kappa shape index (κ2) is 16.0. The molecule has 2 saturated heterocycles. The van der Waals surface area contributed by atoms with Crippen LogP contribution in [0.4, 0.5) is 0 Å². The lowest BCUT2D eigenvalue weighted by Gasteiger charge is -2.70. The summed E-state index contributed by atoms with van der Waals surface area (Å²) < 4.78 is 24.3. The van der Waals surface area contributed by atoms with Crippen molar-refractivity contribution in [3.8, 4) is 0 Å². The Hall–Kier alpha value is -0.780. The summed E-state index contributed by atoms with van der Waals surface area (Å²) in [6.45, 7) is 14.3. The quantitative estimate of drug-likeness (QED) is 0.109. The van der Waals surface area contributed by atoms with Crippen LogP contribution in [0.2, 0.25) is 0 Å². The standard InChI is InChI=1S/C42H72O13/c1-22(2)9-8-15-41(7,51)24-12-16-39(5)23(24)10-11-28-40(39,6)17-13-27-38(3,4)29(14-18-42(27,28)21-45)54-37-35(33(49)31(47)26(20-44)53-37)55-36-34(50)32(48)30(46)25(19-43)52-36/h9,23-37,43-51H,8,10-21H2,1-7H3/t23?,24?,25-,26-,27?,28?,29?,30-,31-,32+,33+,34-,35-,36+,37+,39?,40?,41?,42?/m1/s1. The van der Waals surface area contributed by atoms with Gasteiger partial charge in [-0.05, 0) is 125 Å². The first-order valence-corrected chi connectivity index (χ1v) is 20.9. The summed E-state index contributed by atoms with van der Waals surface area (Å²) in [6.07, 6.45) is -4.59. The van der Waals surface area contributed by atoms with Crippen molar-refractivity contribution in [1.82, 2.24) is 0 Å². The van der Waals surface area contributed by atoms with Crippen molar-refractivity contribution in [2.75, 3.05) is 19.8 Å². The maximum absolute atomic E-state index is 11.9. The van der Waals surface area contributed by atoms with E-state index in [0.717, 1.165) is 51.4 Å². The van der Waals surface area contributed by atoms with Gasteiger partial charge in [-0.1, -0.05) is 39.3 Å². The molecule has 0 radical (unpaired) electrons. The molecule has 0 aromatic heterocycles. The van der Waals surface area contributed by atoms with Crippen molar-refractivity contribution in [3.63, 3.8) is 0 Å². The average Bonchev–Trinajstić information content (AvgIpc) is 3.50. The minimum Gasteiger partial charge on any atom is -0.396 e. The predicted octanol–water partition coefficient (Wildman–Crippen LogP) is 2.15. The molecule has 0 bridgehead atoms. The van der Waals surface area contributed by atoms with Crippen LogP contribution in [-0.2, 0) is 18.9 Å². The lowest BCUT2D eigenvalue weighted by molar-refractivity contribution is -0.379. The fraction of sp³-hybridized carbons (Fsp3) is 0.952. The van der Waals surface area contributed by atoms with Crippen LogP contribution in [0, 0.1) is 45.3 Å². The number of aliphatic hydroxyl groups excluding tert-OH is 8. The first kappa shape index (κ1) is 43.8. The fourth-order valence-corrected chi connectivity index (χ4v) is 13.3. The van der Waals surface area contributed by atoms with E-state index in [1.807, 2.05) is 6.92 Å². The molecule has 13 heteroatoms. The number of hydrogen-bond acceptors (Lipinski definition) is 13. The van der Waals surface area contributed by atoms with E-state index in [2.05, 4.69) is 47.6 Å². The minimum absolute atomic E-state index is 0.0207. The number of allylic oxidation sites excluding steroid dienone is 2. The Morgan fingerprint density at radius 2 is 1.33 bits per heavy atom. The van der Waals surface area contributed by atoms with E-state index in [4.69, 9.17) is 18.9 Å². The highest BCUT2D eigenvalue weighted by Crippen LogP contribution is 2.76. The molecule has 4 saturated carbocycles. The fourth-order valence-electron chi connectivity index (χ4n) is 13.3. The molecular weight excluding hydrogens is 712 g/mol. The van der Waals surface area contributed by atoms with E-state index >= 15 is 0 Å². The van der Waals surface area contributed by atoms with Gasteiger partial charge in [-0.2, -0.15) is 0 Å². The largest absolute Gasteiger partial charge is 0.396 e. The molecule has 9 N–H and O–H groups in total. The number of aliphatic hydroxyl groups is 9. The molecule has 13 nitrogen and oxygen atoms in total. The molecule has 318 valence electrons. The van der Waals surface area contributed by atoms with Crippen LogP contribution in [0.15, 0.2) is 11.6 Å². The Bertz CT molecular complexity index is 1350. The maximum atomic E-state index is 11.9. The van der Waals surface area contributed by atoms with Crippen LogP contribution < -0.4 is 0 Å². The van der Waals surface area contributed by atoms with Crippen molar-refractivity contribution >= 4 is 0 Å². The average molecular weight is 785 g/mol. The van der Waals surface area contributed by atoms with Gasteiger partial charge in [0.1, 0.15) is 48.8 Å². The van der Waals surface area contributed by atoms with Gasteiger partial charge in [0.25, 0.3) is 0 Å². The van der Waals surface area contributed by atoms with E-state index in [9.17, 15) is 46.0 Å². The molecule has 2 aliphatic heterocycles. The van der Waals surface area contributed by atoms with Gasteiger partial charge in [-0.25, -0.2) is 0 Å². The third-order valence-electron chi connectivity index (χ3n) is 16.6. The van der Waals surface area contributed by atoms with Crippen molar-refractivity contribution < 1.29 is 64.9 Å². The van der Waals surface area contributed by atoms with Crippen LogP contribution in [0.25, 0.3) is 0 Å². The monoisotopic (exact) mass is 784 g/mol. The Morgan fingerprint density at radius 3 is 1.95 bits per heavy atom. The second-order valence-corrected chi connectivity index (χ2v) is 19.9. The number of hydrogen-bond donors (Lipinski definition) is 9. The van der Waals surface area contributed by atoms with E-state index < -0.39 is 91.7 Å². The van der Waals surface area contributed by atoms with Crippen LogP contribution in [0.5, 0.6) is 0 Å². The molecule has 6 rings (SSSR count). The summed E-state index contributed by atoms with van der Waals surface area (Å²) in [4.78, 5) is 0. The molecule has 4 aliphatic carbocycles. The zero-order valence-electron chi connectivity index (χ0n) is 34.1. The summed E-state index contributed by atoms with van der Waals surface area (Å²) in [7, 11) is 0. The molecular formula is C42H72O13. The van der Waals surface area contributed by atoms with Gasteiger partial charge in [0.15, 0.2) is 12.6 Å². The summed E-state index contributed by atoms with van der Waals surface area (Å²) in [5.41, 5.74) is -0.350. The highest BCUT2D eigenvalue weighted by molar-refractivity contribution is 5.19. The van der Waals surface area contributed by atoms with E-state index in [1.54, 1.807) is 0 Å². The Balaban J connectivity index is 1.23. The van der Waals surface area contributed by atoms with Crippen LogP contribution in [0.3, 0.4) is 0 Å². The SMILES string of the molecule is CC(C)=CCCC(C)(O)C1CCC2(C)C1CCC1C3(CO)CCC(O[C@@H]4O[C@H](CO)[C@@H](O)[C@H](O)[C@H]4O[C@@H]4O[C@H](CO)[C@@H](O)[C@H](O)[C@H]4O)C(C)(C)C3CCC12C. The first-order valence-electron chi connectivity index (χ1n) is 20.9. The Morgan fingerprint density at radius 1 is 0.709 bits per heavy atom. The summed E-state index contributed by atoms with van der Waals surface area (Å²) >= 11 is 0. The molecule has 19 atom stereocenters. The third kappa shape index (κ3) is 7.20. The maximum Gasteiger partial charge on any atom is 0.187 e. The highest BCUT2D eigenvalue weighted by atomic mass is 16.8. The molecule has 6 fully saturated rings. The minimum atomic E-state index is -1.76. The predicted molar refractivity (Wildman–Crippen MR) is 201 cm³/mol. The van der Waals surface area contributed by atoms with Crippen LogP contribution >= 0.6 is 0 Å². The van der Waals surface area contributed by atoms with Gasteiger partial charge in [-0.3, -0.25) is 0 Å². The van der Waals surface area contributed by atoms with Crippen molar-refractivity contribution in [2.45, 2.75) is 186 Å². The van der Waals surface area contributed by atoms with Gasteiger partial charge < -0.3 is 64.9 Å². The highest BCUT2D eigenvalue weighted by Gasteiger charge is 2.71. The number of rotatable bonds is 11. The summed E-state index contributed by atoms with van der Waals surface area (Å²) in [5.74, 6) is 0.975. The molecule has 0 spiro atoms. The zero-order chi connectivity index (χ0) is 40.5. The van der Waals surface area contributed by atoms with E-state index in [1.165, 1.54) is 5.57 Å². The van der Waals surface area contributed by atoms with Crippen molar-refractivity contribution in [3.05, 3.63) is 11.6 Å². The van der Waals surface area contributed by atoms with E-state index in [0.29, 0.717) is 18.8 Å². The lowest BCUT2D eigenvalue weighted by atomic mass is 9.35. The summed E-state index contributed by atoms with van der Waals surface area (Å²) in [5, 5.41) is 96.8. The number of fused-ring (bicyclic) bond motifs is 5. The van der Waals surface area contributed by atoms with Gasteiger partial charge >= 0.3 is 0 Å². The van der Waals surface area contributed by atoms with Crippen molar-refractivity contribution in [1.29, 1.82) is 0 Å². The smallest absolute Gasteiger partial charge is 0.187 e. The molecule has 0 aromatic carbocycles. The topological polar surface area (TPSA) is 219 Å². The lowest BCUT2D eigenvalue weighted by Crippen LogP contribution is -2.67. The summed E-state index contributed by atoms with van der Waals surface area (Å²) in [6, 6.07) is 0. The normalized spacial score (nSPS) is 50.7. The number of ether oxygens (including phenoxy) is 4. The molecule has 9 unspecified atom stereocenters. The van der Waals surface area contributed by atoms with Gasteiger partial charge in [-0.15, -0.1) is 0 Å². The third-order valence-corrected chi connectivity index (χ3v) is 16.6. The molecule has 2 heterocycles. The van der Waals surface area contributed by atoms with Gasteiger partial charge in [0.2, 0.25) is 0 Å². The van der Waals surface area contributed by atoms with Crippen LogP contribution in [0.1, 0.15) is 113 Å². The van der Waals surface area contributed by atoms with Crippen molar-refractivity contribution in [2.24, 2.45) is 45.3 Å². The molecule has 0 amide bonds. The van der Waals surface area contributed by atoms with Gasteiger partial charge in [0, 0.05) is 12.0 Å². The van der Waals surface area contributed by atoms with E-state index in [-0.39, 0.29) is 40.6 Å². The Kier molecular flexibility index (Phi) is 12.7. The van der Waals surface area contributed by atoms with Crippen LogP contribution in [-0.4, -0.2) is 139 Å².